The summed E-state index contributed by atoms with van der Waals surface area (Å²) in [5.41, 5.74) is -3.38. The Hall–Kier alpha value is -1.82. The Labute approximate surface area is 138 Å². The van der Waals surface area contributed by atoms with Gasteiger partial charge >= 0.3 is 16.3 Å². The normalized spacial score (nSPS) is 14.5. The summed E-state index contributed by atoms with van der Waals surface area (Å²) in [4.78, 5) is 4.45. The Kier molecular flexibility index (Phi) is 6.60. The molecule has 1 rings (SSSR count). The molecule has 1 aromatic rings. The highest BCUT2D eigenvalue weighted by atomic mass is 32.2. The molecule has 0 fully saturated rings. The molecule has 1 aromatic carbocycles. The number of hydrogen-bond acceptors (Lipinski definition) is 7. The van der Waals surface area contributed by atoms with Gasteiger partial charge in [-0.3, -0.25) is 0 Å². The van der Waals surface area contributed by atoms with Crippen LogP contribution in [0.3, 0.4) is 0 Å². The highest BCUT2D eigenvalue weighted by molar-refractivity contribution is 7.86. The summed E-state index contributed by atoms with van der Waals surface area (Å²) in [6.07, 6.45) is -4.20. The van der Waals surface area contributed by atoms with Crippen LogP contribution in [-0.2, 0) is 25.7 Å². The molecule has 0 saturated heterocycles. The van der Waals surface area contributed by atoms with Crippen LogP contribution >= 0.6 is 0 Å². The van der Waals surface area contributed by atoms with Crippen molar-refractivity contribution in [1.82, 2.24) is 0 Å². The van der Waals surface area contributed by atoms with Gasteiger partial charge in [-0.1, -0.05) is 12.1 Å². The molecule has 0 aliphatic heterocycles. The van der Waals surface area contributed by atoms with E-state index in [1.807, 2.05) is 0 Å². The third kappa shape index (κ3) is 6.35. The predicted octanol–water partition coefficient (Wildman–Crippen LogP) is 1.66. The van der Waals surface area contributed by atoms with Crippen LogP contribution in [0.5, 0.6) is 5.75 Å². The standard InChI is InChI=1S/C12H14F3NO6S2/c1-3-10(23(17)18)21-16-11(12(13,14)15)8-4-6-9(7-5-8)22-24(2,19)20/h4-7,10,23H,3H2,1-2H3. The summed E-state index contributed by atoms with van der Waals surface area (Å²) >= 11 is 0. The van der Waals surface area contributed by atoms with Crippen LogP contribution in [0, 0.1) is 0 Å². The molecule has 24 heavy (non-hydrogen) atoms. The second-order valence-corrected chi connectivity index (χ2v) is 7.22. The first-order valence-electron chi connectivity index (χ1n) is 6.38. The zero-order valence-corrected chi connectivity index (χ0v) is 14.2. The molecule has 0 N–H and O–H groups in total. The van der Waals surface area contributed by atoms with E-state index in [9.17, 15) is 30.0 Å². The molecule has 0 aliphatic carbocycles. The van der Waals surface area contributed by atoms with Crippen molar-refractivity contribution in [1.29, 1.82) is 0 Å². The van der Waals surface area contributed by atoms with Crippen LogP contribution in [0.25, 0.3) is 0 Å². The van der Waals surface area contributed by atoms with Crippen LogP contribution in [0.2, 0.25) is 0 Å². The molecule has 12 heteroatoms. The summed E-state index contributed by atoms with van der Waals surface area (Å²) < 4.78 is 87.1. The highest BCUT2D eigenvalue weighted by Gasteiger charge is 2.38. The minimum absolute atomic E-state index is 0.0749. The van der Waals surface area contributed by atoms with Crippen molar-refractivity contribution in [3.63, 3.8) is 0 Å². The van der Waals surface area contributed by atoms with Crippen LogP contribution in [0.15, 0.2) is 29.4 Å². The Morgan fingerprint density at radius 3 is 2.17 bits per heavy atom. The first-order valence-corrected chi connectivity index (χ1v) is 9.44. The summed E-state index contributed by atoms with van der Waals surface area (Å²) in [5, 5.41) is 2.91. The molecule has 0 spiro atoms. The number of rotatable bonds is 7. The molecule has 0 bridgehead atoms. The van der Waals surface area contributed by atoms with Gasteiger partial charge in [-0.2, -0.15) is 21.6 Å². The van der Waals surface area contributed by atoms with E-state index in [1.165, 1.54) is 6.92 Å². The van der Waals surface area contributed by atoms with Crippen LogP contribution in [0.1, 0.15) is 18.9 Å². The fraction of sp³-hybridized carbons (Fsp3) is 0.417. The van der Waals surface area contributed by atoms with E-state index >= 15 is 0 Å². The van der Waals surface area contributed by atoms with Crippen molar-refractivity contribution < 1.29 is 39.0 Å². The van der Waals surface area contributed by atoms with Gasteiger partial charge in [0, 0.05) is 5.56 Å². The molecule has 0 aromatic heterocycles. The van der Waals surface area contributed by atoms with E-state index in [0.717, 1.165) is 30.5 Å². The fourth-order valence-electron chi connectivity index (χ4n) is 1.49. The second-order valence-electron chi connectivity index (χ2n) is 4.50. The van der Waals surface area contributed by atoms with E-state index < -0.39 is 43.7 Å². The first kappa shape index (κ1) is 20.2. The Morgan fingerprint density at radius 1 is 1.25 bits per heavy atom. The molecule has 0 heterocycles. The van der Waals surface area contributed by atoms with Crippen LogP contribution in [-0.4, -0.2) is 40.4 Å². The zero-order valence-electron chi connectivity index (χ0n) is 12.5. The van der Waals surface area contributed by atoms with Crippen LogP contribution in [0.4, 0.5) is 13.2 Å². The van der Waals surface area contributed by atoms with Crippen molar-refractivity contribution in [3.8, 4) is 5.75 Å². The van der Waals surface area contributed by atoms with Gasteiger partial charge in [-0.05, 0) is 30.7 Å². The summed E-state index contributed by atoms with van der Waals surface area (Å²) in [7, 11) is -6.92. The summed E-state index contributed by atoms with van der Waals surface area (Å²) in [6, 6.07) is 3.86. The van der Waals surface area contributed by atoms with Gasteiger partial charge in [-0.25, -0.2) is 8.42 Å². The molecule has 136 valence electrons. The lowest BCUT2D eigenvalue weighted by atomic mass is 10.1. The van der Waals surface area contributed by atoms with Crippen molar-refractivity contribution in [2.75, 3.05) is 6.26 Å². The molecule has 0 saturated carbocycles. The smallest absolute Gasteiger partial charge is 0.383 e. The molecular formula is C12H14F3NO6S2. The van der Waals surface area contributed by atoms with Gasteiger partial charge in [0.25, 0.3) is 0 Å². The quantitative estimate of drug-likeness (QED) is 0.330. The lowest BCUT2D eigenvalue weighted by molar-refractivity contribution is -0.0620. The molecule has 0 radical (unpaired) electrons. The van der Waals surface area contributed by atoms with E-state index in [2.05, 4.69) is 14.2 Å². The predicted molar refractivity (Wildman–Crippen MR) is 80.0 cm³/mol. The van der Waals surface area contributed by atoms with Gasteiger partial charge in [0.2, 0.25) is 5.44 Å². The largest absolute Gasteiger partial charge is 0.437 e. The minimum atomic E-state index is -4.91. The van der Waals surface area contributed by atoms with E-state index in [-0.39, 0.29) is 12.2 Å². The molecule has 1 atom stereocenters. The Balaban J connectivity index is 3.14. The maximum atomic E-state index is 13.0. The van der Waals surface area contributed by atoms with Crippen molar-refractivity contribution in [3.05, 3.63) is 29.8 Å². The second kappa shape index (κ2) is 7.83. The van der Waals surface area contributed by atoms with Crippen LogP contribution < -0.4 is 4.18 Å². The van der Waals surface area contributed by atoms with Crippen molar-refractivity contribution >= 4 is 26.5 Å². The number of alkyl halides is 3. The van der Waals surface area contributed by atoms with Gasteiger partial charge in [0.15, 0.2) is 16.4 Å². The number of hydrogen-bond donors (Lipinski definition) is 1. The third-order valence-corrected chi connectivity index (χ3v) is 3.92. The lowest BCUT2D eigenvalue weighted by Crippen LogP contribution is -2.25. The Morgan fingerprint density at radius 2 is 1.79 bits per heavy atom. The summed E-state index contributed by atoms with van der Waals surface area (Å²) in [5.74, 6) is -0.183. The zero-order chi connectivity index (χ0) is 18.5. The number of halogens is 3. The SMILES string of the molecule is CCC(ON=C(c1ccc(OS(C)(=O)=O)cc1)C(F)(F)F)[SH](=O)=O. The first-order chi connectivity index (χ1) is 10.9. The highest BCUT2D eigenvalue weighted by Crippen LogP contribution is 2.25. The number of nitrogens with zero attached hydrogens (tertiary/aromatic N) is 1. The minimum Gasteiger partial charge on any atom is -0.383 e. The summed E-state index contributed by atoms with van der Waals surface area (Å²) in [6.45, 7) is 1.41. The molecular weight excluding hydrogens is 375 g/mol. The molecule has 7 nitrogen and oxygen atoms in total. The number of thiol groups is 1. The molecule has 0 aliphatic rings. The fourth-order valence-corrected chi connectivity index (χ4v) is 2.37. The average molecular weight is 389 g/mol. The number of benzene rings is 1. The topological polar surface area (TPSA) is 99.1 Å². The molecule has 0 amide bonds. The third-order valence-electron chi connectivity index (χ3n) is 2.49. The van der Waals surface area contributed by atoms with Crippen molar-refractivity contribution in [2.24, 2.45) is 5.16 Å². The van der Waals surface area contributed by atoms with E-state index in [0.29, 0.717) is 0 Å². The molecule has 1 unspecified atom stereocenters. The van der Waals surface area contributed by atoms with Gasteiger partial charge in [0.05, 0.1) is 6.26 Å². The maximum absolute atomic E-state index is 13.0. The monoisotopic (exact) mass is 389 g/mol. The Bertz CT molecular complexity index is 761. The lowest BCUT2D eigenvalue weighted by Gasteiger charge is -2.12. The van der Waals surface area contributed by atoms with Gasteiger partial charge in [-0.15, -0.1) is 0 Å². The van der Waals surface area contributed by atoms with E-state index in [4.69, 9.17) is 0 Å². The van der Waals surface area contributed by atoms with Gasteiger partial charge < -0.3 is 9.02 Å². The number of oxime groups is 1. The average Bonchev–Trinajstić information content (AvgIpc) is 2.41. The van der Waals surface area contributed by atoms with Gasteiger partial charge in [0.1, 0.15) is 5.75 Å². The van der Waals surface area contributed by atoms with E-state index in [1.54, 1.807) is 0 Å². The van der Waals surface area contributed by atoms with Crippen molar-refractivity contribution in [2.45, 2.75) is 25.0 Å². The maximum Gasteiger partial charge on any atom is 0.437 e.